The smallest absolute Gasteiger partial charge is 0.275 e. The number of benzene rings is 1. The minimum absolute atomic E-state index is 0.160. The molecule has 0 saturated heterocycles. The zero-order chi connectivity index (χ0) is 12.3. The van der Waals surface area contributed by atoms with Crippen molar-refractivity contribution < 1.29 is 4.79 Å². The molecule has 2 rings (SSSR count). The maximum atomic E-state index is 11.9. The average Bonchev–Trinajstić information content (AvgIpc) is 2.76. The molecule has 2 aromatic rings. The first-order chi connectivity index (χ1) is 8.19. The lowest BCUT2D eigenvalue weighted by molar-refractivity contribution is 0.102. The Morgan fingerprint density at radius 3 is 2.88 bits per heavy atom. The Bertz CT molecular complexity index is 537. The van der Waals surface area contributed by atoms with Crippen LogP contribution < -0.4 is 5.32 Å². The first kappa shape index (κ1) is 12.1. The van der Waals surface area contributed by atoms with Crippen molar-refractivity contribution in [3.8, 4) is 0 Å². The molecule has 0 saturated carbocycles. The fourth-order valence-corrected chi connectivity index (χ4v) is 2.37. The Balaban J connectivity index is 2.12. The maximum absolute atomic E-state index is 11.9. The Morgan fingerprint density at radius 2 is 2.24 bits per heavy atom. The molecule has 0 fully saturated rings. The molecular formula is C12H12N2OS2. The van der Waals surface area contributed by atoms with Crippen LogP contribution in [0.2, 0.25) is 0 Å². The van der Waals surface area contributed by atoms with Crippen LogP contribution in [0.15, 0.2) is 35.2 Å². The van der Waals surface area contributed by atoms with E-state index in [0.29, 0.717) is 5.69 Å². The molecule has 0 radical (unpaired) electrons. The van der Waals surface area contributed by atoms with Gasteiger partial charge in [-0.3, -0.25) is 4.79 Å². The summed E-state index contributed by atoms with van der Waals surface area (Å²) in [6.45, 7) is 1.93. The van der Waals surface area contributed by atoms with E-state index in [4.69, 9.17) is 0 Å². The second-order valence-electron chi connectivity index (χ2n) is 3.51. The minimum atomic E-state index is -0.160. The standard InChI is InChI=1S/C12H12N2OS2/c1-8-6-11(14-17-8)12(15)13-9-4-3-5-10(7-9)16-2/h3-7H,1-2H3,(H,13,15). The van der Waals surface area contributed by atoms with E-state index in [-0.39, 0.29) is 5.91 Å². The third-order valence-corrected chi connectivity index (χ3v) is 3.61. The number of carbonyl (C=O) groups is 1. The molecule has 1 N–H and O–H groups in total. The molecule has 0 atom stereocenters. The van der Waals surface area contributed by atoms with Crippen LogP contribution in [0.4, 0.5) is 5.69 Å². The van der Waals surface area contributed by atoms with Crippen LogP contribution in [-0.4, -0.2) is 16.5 Å². The summed E-state index contributed by atoms with van der Waals surface area (Å²) >= 11 is 2.98. The molecule has 0 aliphatic heterocycles. The minimum Gasteiger partial charge on any atom is -0.321 e. The number of aryl methyl sites for hydroxylation is 1. The molecule has 0 bridgehead atoms. The van der Waals surface area contributed by atoms with Gasteiger partial charge in [-0.25, -0.2) is 0 Å². The molecule has 5 heteroatoms. The van der Waals surface area contributed by atoms with Gasteiger partial charge in [-0.2, -0.15) is 4.37 Å². The van der Waals surface area contributed by atoms with Crippen molar-refractivity contribution in [2.75, 3.05) is 11.6 Å². The lowest BCUT2D eigenvalue weighted by Crippen LogP contribution is -2.11. The van der Waals surface area contributed by atoms with E-state index in [1.807, 2.05) is 37.4 Å². The molecule has 17 heavy (non-hydrogen) atoms. The summed E-state index contributed by atoms with van der Waals surface area (Å²) in [5.41, 5.74) is 1.27. The van der Waals surface area contributed by atoms with Gasteiger partial charge in [-0.05, 0) is 49.0 Å². The molecule has 0 aliphatic rings. The molecule has 0 spiro atoms. The molecule has 0 aliphatic carbocycles. The second kappa shape index (κ2) is 5.33. The number of aromatic nitrogens is 1. The lowest BCUT2D eigenvalue weighted by Gasteiger charge is -2.04. The maximum Gasteiger partial charge on any atom is 0.275 e. The first-order valence-electron chi connectivity index (χ1n) is 5.08. The quantitative estimate of drug-likeness (QED) is 0.864. The summed E-state index contributed by atoms with van der Waals surface area (Å²) in [6, 6.07) is 9.54. The van der Waals surface area contributed by atoms with Crippen LogP contribution in [0.1, 0.15) is 15.4 Å². The largest absolute Gasteiger partial charge is 0.321 e. The van der Waals surface area contributed by atoms with Gasteiger partial charge in [0.15, 0.2) is 0 Å². The van der Waals surface area contributed by atoms with Gasteiger partial charge in [0.2, 0.25) is 0 Å². The predicted octanol–water partition coefficient (Wildman–Crippen LogP) is 3.43. The molecule has 1 heterocycles. The van der Waals surface area contributed by atoms with E-state index in [9.17, 15) is 4.79 Å². The number of hydrogen-bond acceptors (Lipinski definition) is 4. The van der Waals surface area contributed by atoms with E-state index in [2.05, 4.69) is 9.69 Å². The average molecular weight is 264 g/mol. The highest BCUT2D eigenvalue weighted by molar-refractivity contribution is 7.98. The molecule has 1 amide bonds. The number of carbonyl (C=O) groups excluding carboxylic acids is 1. The summed E-state index contributed by atoms with van der Waals surface area (Å²) < 4.78 is 4.08. The monoisotopic (exact) mass is 264 g/mol. The van der Waals surface area contributed by atoms with Gasteiger partial charge in [-0.15, -0.1) is 11.8 Å². The van der Waals surface area contributed by atoms with Crippen molar-refractivity contribution in [1.82, 2.24) is 4.37 Å². The van der Waals surface area contributed by atoms with Gasteiger partial charge in [0.25, 0.3) is 5.91 Å². The van der Waals surface area contributed by atoms with Crippen molar-refractivity contribution in [3.05, 3.63) is 40.9 Å². The van der Waals surface area contributed by atoms with Gasteiger partial charge in [0, 0.05) is 15.5 Å². The topological polar surface area (TPSA) is 42.0 Å². The van der Waals surface area contributed by atoms with Gasteiger partial charge in [-0.1, -0.05) is 6.07 Å². The number of anilines is 1. The van der Waals surface area contributed by atoms with Crippen molar-refractivity contribution >= 4 is 34.9 Å². The zero-order valence-electron chi connectivity index (χ0n) is 9.56. The Morgan fingerprint density at radius 1 is 1.41 bits per heavy atom. The second-order valence-corrected chi connectivity index (χ2v) is 5.40. The predicted molar refractivity (Wildman–Crippen MR) is 73.0 cm³/mol. The van der Waals surface area contributed by atoms with E-state index < -0.39 is 0 Å². The number of thioether (sulfide) groups is 1. The Labute approximate surface area is 108 Å². The highest BCUT2D eigenvalue weighted by Crippen LogP contribution is 2.19. The van der Waals surface area contributed by atoms with E-state index in [1.165, 1.54) is 11.5 Å². The Kier molecular flexibility index (Phi) is 3.81. The summed E-state index contributed by atoms with van der Waals surface area (Å²) in [6.07, 6.45) is 2.00. The molecule has 3 nitrogen and oxygen atoms in total. The number of hydrogen-bond donors (Lipinski definition) is 1. The van der Waals surface area contributed by atoms with Gasteiger partial charge < -0.3 is 5.32 Å². The summed E-state index contributed by atoms with van der Waals surface area (Å²) in [4.78, 5) is 14.0. The molecule has 88 valence electrons. The summed E-state index contributed by atoms with van der Waals surface area (Å²) in [5, 5.41) is 2.84. The van der Waals surface area contributed by atoms with Gasteiger partial charge in [0.05, 0.1) is 0 Å². The van der Waals surface area contributed by atoms with Crippen molar-refractivity contribution in [1.29, 1.82) is 0 Å². The van der Waals surface area contributed by atoms with E-state index in [0.717, 1.165) is 15.5 Å². The van der Waals surface area contributed by atoms with E-state index >= 15 is 0 Å². The first-order valence-corrected chi connectivity index (χ1v) is 7.07. The number of rotatable bonds is 3. The summed E-state index contributed by atoms with van der Waals surface area (Å²) in [7, 11) is 0. The summed E-state index contributed by atoms with van der Waals surface area (Å²) in [5.74, 6) is -0.160. The molecule has 0 unspecified atom stereocenters. The highest BCUT2D eigenvalue weighted by atomic mass is 32.2. The fourth-order valence-electron chi connectivity index (χ4n) is 1.37. The lowest BCUT2D eigenvalue weighted by atomic mass is 10.3. The molecule has 1 aromatic carbocycles. The number of nitrogens with zero attached hydrogens (tertiary/aromatic N) is 1. The number of nitrogens with one attached hydrogen (secondary N) is 1. The SMILES string of the molecule is CSc1cccc(NC(=O)c2cc(C)sn2)c1. The van der Waals surface area contributed by atoms with Gasteiger partial charge in [0.1, 0.15) is 5.69 Å². The number of amides is 1. The van der Waals surface area contributed by atoms with Crippen LogP contribution in [0.25, 0.3) is 0 Å². The van der Waals surface area contributed by atoms with Gasteiger partial charge >= 0.3 is 0 Å². The van der Waals surface area contributed by atoms with Crippen molar-refractivity contribution in [3.63, 3.8) is 0 Å². The van der Waals surface area contributed by atoms with Crippen LogP contribution in [-0.2, 0) is 0 Å². The fraction of sp³-hybridized carbons (Fsp3) is 0.167. The van der Waals surface area contributed by atoms with Crippen molar-refractivity contribution in [2.45, 2.75) is 11.8 Å². The van der Waals surface area contributed by atoms with Crippen LogP contribution >= 0.6 is 23.3 Å². The van der Waals surface area contributed by atoms with E-state index in [1.54, 1.807) is 17.8 Å². The highest BCUT2D eigenvalue weighted by Gasteiger charge is 2.09. The van der Waals surface area contributed by atoms with Crippen LogP contribution in [0.3, 0.4) is 0 Å². The third kappa shape index (κ3) is 3.08. The third-order valence-electron chi connectivity index (χ3n) is 2.19. The molecular weight excluding hydrogens is 252 g/mol. The zero-order valence-corrected chi connectivity index (χ0v) is 11.2. The normalized spacial score (nSPS) is 10.2. The van der Waals surface area contributed by atoms with Crippen molar-refractivity contribution in [2.24, 2.45) is 0 Å². The Hall–Kier alpha value is -1.33. The molecule has 1 aromatic heterocycles. The van der Waals surface area contributed by atoms with Crippen LogP contribution in [0, 0.1) is 6.92 Å². The van der Waals surface area contributed by atoms with Crippen LogP contribution in [0.5, 0.6) is 0 Å².